The fourth-order valence-electron chi connectivity index (χ4n) is 3.51. The maximum absolute atomic E-state index is 9.61. The van der Waals surface area contributed by atoms with E-state index in [2.05, 4.69) is 17.1 Å². The van der Waals surface area contributed by atoms with Gasteiger partial charge in [0.1, 0.15) is 0 Å². The SMILES string of the molecule is CCC[C@H]1[C@]2(C#N)C(N)=[NH+]C(OC)(OC)[C@]12C#N. The minimum absolute atomic E-state index is 0.161. The first kappa shape index (κ1) is 12.8. The van der Waals surface area contributed by atoms with Crippen LogP contribution >= 0.6 is 0 Å². The number of ether oxygens (including phenoxy) is 2. The van der Waals surface area contributed by atoms with E-state index in [0.717, 1.165) is 12.8 Å². The highest BCUT2D eigenvalue weighted by Gasteiger charge is 2.96. The minimum Gasteiger partial charge on any atom is -0.317 e. The molecule has 18 heavy (non-hydrogen) atoms. The molecule has 96 valence electrons. The van der Waals surface area contributed by atoms with Crippen molar-refractivity contribution in [3.05, 3.63) is 0 Å². The lowest BCUT2D eigenvalue weighted by Crippen LogP contribution is -2.90. The van der Waals surface area contributed by atoms with E-state index < -0.39 is 16.7 Å². The number of hydrogen-bond acceptors (Lipinski definition) is 5. The van der Waals surface area contributed by atoms with Gasteiger partial charge in [0.05, 0.1) is 12.1 Å². The van der Waals surface area contributed by atoms with Gasteiger partial charge in [-0.05, 0) is 6.42 Å². The molecule has 3 N–H and O–H groups in total. The molecule has 0 aromatic rings. The number of nitrogens with one attached hydrogen (secondary N) is 1. The van der Waals surface area contributed by atoms with Gasteiger partial charge in [0.15, 0.2) is 10.8 Å². The average Bonchev–Trinajstić information content (AvgIpc) is 2.92. The van der Waals surface area contributed by atoms with Gasteiger partial charge in [0, 0.05) is 20.1 Å². The molecule has 3 atom stereocenters. The number of methoxy groups -OCH3 is 2. The van der Waals surface area contributed by atoms with Crippen molar-refractivity contribution >= 4 is 5.84 Å². The second-order valence-electron chi connectivity index (χ2n) is 4.74. The first-order valence-electron chi connectivity index (χ1n) is 5.90. The Morgan fingerprint density at radius 2 is 1.94 bits per heavy atom. The first-order chi connectivity index (χ1) is 8.56. The normalized spacial score (nSPS) is 39.4. The van der Waals surface area contributed by atoms with Crippen molar-refractivity contribution in [3.63, 3.8) is 0 Å². The van der Waals surface area contributed by atoms with Crippen LogP contribution in [0.1, 0.15) is 19.8 Å². The predicted octanol–water partition coefficient (Wildman–Crippen LogP) is -1.17. The largest absolute Gasteiger partial charge is 0.342 e. The Bertz CT molecular complexity index is 485. The first-order valence-corrected chi connectivity index (χ1v) is 5.90. The Morgan fingerprint density at radius 1 is 1.33 bits per heavy atom. The van der Waals surface area contributed by atoms with E-state index in [0.29, 0.717) is 0 Å². The Hall–Kier alpha value is -1.63. The second kappa shape index (κ2) is 3.68. The summed E-state index contributed by atoms with van der Waals surface area (Å²) in [6.07, 6.45) is 1.60. The van der Waals surface area contributed by atoms with E-state index in [1.54, 1.807) is 0 Å². The summed E-state index contributed by atoms with van der Waals surface area (Å²) in [4.78, 5) is 2.84. The van der Waals surface area contributed by atoms with Crippen LogP contribution in [-0.2, 0) is 9.47 Å². The lowest BCUT2D eigenvalue weighted by atomic mass is 9.94. The highest BCUT2D eigenvalue weighted by Crippen LogP contribution is 2.75. The summed E-state index contributed by atoms with van der Waals surface area (Å²) in [5.74, 6) is -1.22. The lowest BCUT2D eigenvalue weighted by Gasteiger charge is -2.26. The molecule has 6 nitrogen and oxygen atoms in total. The molecule has 0 aromatic carbocycles. The molecule has 1 saturated carbocycles. The molecule has 0 spiro atoms. The number of fused-ring (bicyclic) bond motifs is 1. The van der Waals surface area contributed by atoms with Crippen molar-refractivity contribution in [1.82, 2.24) is 0 Å². The van der Waals surface area contributed by atoms with E-state index in [1.165, 1.54) is 14.2 Å². The molecule has 0 bridgehead atoms. The second-order valence-corrected chi connectivity index (χ2v) is 4.74. The van der Waals surface area contributed by atoms with Crippen molar-refractivity contribution in [2.75, 3.05) is 14.2 Å². The van der Waals surface area contributed by atoms with E-state index in [-0.39, 0.29) is 11.8 Å². The average molecular weight is 249 g/mol. The fraction of sp³-hybridized carbons (Fsp3) is 0.750. The molecule has 2 rings (SSSR count). The quantitative estimate of drug-likeness (QED) is 0.611. The molecule has 6 heteroatoms. The van der Waals surface area contributed by atoms with Gasteiger partial charge in [-0.3, -0.25) is 5.73 Å². The smallest absolute Gasteiger partial charge is 0.317 e. The summed E-state index contributed by atoms with van der Waals surface area (Å²) in [5.41, 5.74) is 3.86. The maximum atomic E-state index is 9.61. The van der Waals surface area contributed by atoms with Gasteiger partial charge in [-0.1, -0.05) is 13.3 Å². The lowest BCUT2D eigenvalue weighted by molar-refractivity contribution is -0.688. The Kier molecular flexibility index (Phi) is 2.62. The predicted molar refractivity (Wildman–Crippen MR) is 61.4 cm³/mol. The molecule has 0 aromatic heterocycles. The van der Waals surface area contributed by atoms with Gasteiger partial charge in [-0.2, -0.15) is 10.5 Å². The zero-order valence-electron chi connectivity index (χ0n) is 10.8. The van der Waals surface area contributed by atoms with E-state index in [4.69, 9.17) is 15.2 Å². The number of amidine groups is 1. The van der Waals surface area contributed by atoms with E-state index in [1.807, 2.05) is 6.92 Å². The van der Waals surface area contributed by atoms with E-state index in [9.17, 15) is 10.5 Å². The van der Waals surface area contributed by atoms with Gasteiger partial charge < -0.3 is 9.47 Å². The third kappa shape index (κ3) is 0.937. The standard InChI is InChI=1S/C12H16N4O2/c1-4-5-8-10(6-13)9(15)16-12(17-2,18-3)11(8,10)7-14/h8H,4-5H2,1-3H3,(H2,15,16)/p+1/t8-,10+,11+/m0/s1. The van der Waals surface area contributed by atoms with Crippen molar-refractivity contribution in [2.24, 2.45) is 22.5 Å². The zero-order valence-corrected chi connectivity index (χ0v) is 10.8. The molecule has 0 unspecified atom stereocenters. The Morgan fingerprint density at radius 3 is 2.33 bits per heavy atom. The van der Waals surface area contributed by atoms with E-state index >= 15 is 0 Å². The third-order valence-electron chi connectivity index (χ3n) is 4.33. The molecule has 1 heterocycles. The summed E-state index contributed by atoms with van der Waals surface area (Å²) in [7, 11) is 2.88. The van der Waals surface area contributed by atoms with Crippen LogP contribution in [0.2, 0.25) is 0 Å². The zero-order chi connectivity index (χ0) is 13.6. The molecule has 1 aliphatic carbocycles. The Balaban J connectivity index is 2.61. The highest BCUT2D eigenvalue weighted by molar-refractivity contribution is 5.93. The molecule has 2 aliphatic rings. The number of nitriles is 2. The maximum Gasteiger partial charge on any atom is 0.342 e. The van der Waals surface area contributed by atoms with Crippen LogP contribution in [0.5, 0.6) is 0 Å². The molecule has 0 saturated heterocycles. The van der Waals surface area contributed by atoms with Crippen LogP contribution in [-0.4, -0.2) is 26.0 Å². The molecule has 1 aliphatic heterocycles. The summed E-state index contributed by atoms with van der Waals surface area (Å²) in [6, 6.07) is 4.44. The number of rotatable bonds is 4. The van der Waals surface area contributed by atoms with Gasteiger partial charge in [0.25, 0.3) is 5.84 Å². The van der Waals surface area contributed by atoms with Crippen LogP contribution in [0.4, 0.5) is 0 Å². The van der Waals surface area contributed by atoms with Crippen LogP contribution < -0.4 is 10.7 Å². The molecule has 0 radical (unpaired) electrons. The summed E-state index contributed by atoms with van der Waals surface area (Å²) in [6.45, 7) is 2.01. The fourth-order valence-corrected chi connectivity index (χ4v) is 3.51. The molecule has 0 amide bonds. The van der Waals surface area contributed by atoms with Crippen molar-refractivity contribution < 1.29 is 14.5 Å². The molecular formula is C12H17N4O2+. The van der Waals surface area contributed by atoms with Gasteiger partial charge in [-0.25, -0.2) is 4.99 Å². The number of nitrogens with two attached hydrogens (primary N) is 1. The van der Waals surface area contributed by atoms with Crippen LogP contribution in [0.15, 0.2) is 0 Å². The van der Waals surface area contributed by atoms with Crippen LogP contribution in [0.3, 0.4) is 0 Å². The molecule has 1 fully saturated rings. The van der Waals surface area contributed by atoms with Crippen LogP contribution in [0.25, 0.3) is 0 Å². The minimum atomic E-state index is -1.33. The molecular weight excluding hydrogens is 232 g/mol. The van der Waals surface area contributed by atoms with Crippen molar-refractivity contribution in [2.45, 2.75) is 25.7 Å². The topological polar surface area (TPSA) is 106 Å². The highest BCUT2D eigenvalue weighted by atomic mass is 16.7. The summed E-state index contributed by atoms with van der Waals surface area (Å²) < 4.78 is 10.7. The summed E-state index contributed by atoms with van der Waals surface area (Å²) in [5, 5.41) is 19.1. The third-order valence-corrected chi connectivity index (χ3v) is 4.33. The van der Waals surface area contributed by atoms with Crippen molar-refractivity contribution in [3.8, 4) is 12.1 Å². The Labute approximate surface area is 106 Å². The number of hydrogen-bond donors (Lipinski definition) is 2. The van der Waals surface area contributed by atoms with Crippen molar-refractivity contribution in [1.29, 1.82) is 10.5 Å². The number of nitrogens with zero attached hydrogens (tertiary/aromatic N) is 2. The van der Waals surface area contributed by atoms with Gasteiger partial charge in [0.2, 0.25) is 0 Å². The van der Waals surface area contributed by atoms with Gasteiger partial charge >= 0.3 is 5.91 Å². The monoisotopic (exact) mass is 249 g/mol. The summed E-state index contributed by atoms with van der Waals surface area (Å²) >= 11 is 0. The van der Waals surface area contributed by atoms with Gasteiger partial charge in [-0.15, -0.1) is 0 Å². The van der Waals surface area contributed by atoms with Crippen LogP contribution in [0, 0.1) is 39.4 Å².